The molecule has 1 aliphatic rings. The smallest absolute Gasteiger partial charge is 0.315 e. The van der Waals surface area contributed by atoms with E-state index in [4.69, 9.17) is 5.11 Å². The Kier molecular flexibility index (Phi) is 5.44. The molecule has 3 N–H and O–H groups in total. The maximum Gasteiger partial charge on any atom is 0.315 e. The van der Waals surface area contributed by atoms with Crippen LogP contribution in [0.4, 0.5) is 4.79 Å². The number of carbonyl (C=O) groups excluding carboxylic acids is 1. The first-order valence-electron chi connectivity index (χ1n) is 6.72. The average Bonchev–Trinajstić information content (AvgIpc) is 2.61. The molecule has 0 aliphatic heterocycles. The Morgan fingerprint density at radius 3 is 2.44 bits per heavy atom. The molecule has 2 amide bonds. The minimum absolute atomic E-state index is 0.189. The van der Waals surface area contributed by atoms with E-state index < -0.39 is 11.9 Å². The van der Waals surface area contributed by atoms with Crippen LogP contribution in [0.25, 0.3) is 0 Å². The molecule has 0 aromatic heterocycles. The van der Waals surface area contributed by atoms with Gasteiger partial charge in [-0.25, -0.2) is 4.79 Å². The van der Waals surface area contributed by atoms with E-state index in [2.05, 4.69) is 24.5 Å². The number of carboxylic acid groups (broad SMARTS) is 1. The molecule has 4 atom stereocenters. The fourth-order valence-electron chi connectivity index (χ4n) is 2.41. The molecule has 0 heterocycles. The first-order valence-corrected chi connectivity index (χ1v) is 6.72. The molecule has 0 aromatic rings. The molecule has 0 spiro atoms. The van der Waals surface area contributed by atoms with Crippen molar-refractivity contribution >= 4 is 12.0 Å². The molecule has 0 saturated heterocycles. The highest BCUT2D eigenvalue weighted by Crippen LogP contribution is 2.30. The van der Waals surface area contributed by atoms with Crippen molar-refractivity contribution in [3.8, 4) is 0 Å². The molecule has 104 valence electrons. The number of hydrogen-bond donors (Lipinski definition) is 3. The Morgan fingerprint density at radius 2 is 2.00 bits per heavy atom. The molecule has 0 aromatic carbocycles. The Hall–Kier alpha value is -1.26. The average molecular weight is 256 g/mol. The first-order chi connectivity index (χ1) is 8.45. The third-order valence-electron chi connectivity index (χ3n) is 4.13. The summed E-state index contributed by atoms with van der Waals surface area (Å²) in [6, 6.07) is -0.0365. The summed E-state index contributed by atoms with van der Waals surface area (Å²) in [6.07, 6.45) is 2.66. The zero-order valence-corrected chi connectivity index (χ0v) is 11.4. The zero-order chi connectivity index (χ0) is 13.7. The molecular weight excluding hydrogens is 232 g/mol. The molecule has 0 bridgehead atoms. The summed E-state index contributed by atoms with van der Waals surface area (Å²) in [5.41, 5.74) is 0. The van der Waals surface area contributed by atoms with Gasteiger partial charge in [-0.05, 0) is 31.1 Å². The number of carboxylic acids is 1. The molecule has 5 nitrogen and oxygen atoms in total. The third-order valence-corrected chi connectivity index (χ3v) is 4.13. The van der Waals surface area contributed by atoms with Gasteiger partial charge in [0.2, 0.25) is 0 Å². The molecule has 18 heavy (non-hydrogen) atoms. The number of carbonyl (C=O) groups is 2. The van der Waals surface area contributed by atoms with E-state index in [9.17, 15) is 9.59 Å². The van der Waals surface area contributed by atoms with Crippen LogP contribution in [0.2, 0.25) is 0 Å². The molecule has 1 fully saturated rings. The van der Waals surface area contributed by atoms with Gasteiger partial charge in [-0.1, -0.05) is 20.8 Å². The van der Waals surface area contributed by atoms with E-state index >= 15 is 0 Å². The number of amides is 2. The summed E-state index contributed by atoms with van der Waals surface area (Å²) in [7, 11) is 0. The quantitative estimate of drug-likeness (QED) is 0.702. The standard InChI is InChI=1S/C13H24N2O3/c1-4-10(12(16)17)7-14-13(18)15-11-6-5-8(2)9(11)3/h8-11H,4-7H2,1-3H3,(H,16,17)(H2,14,15,18). The van der Waals surface area contributed by atoms with Gasteiger partial charge in [0.1, 0.15) is 0 Å². The molecule has 4 unspecified atom stereocenters. The molecule has 5 heteroatoms. The second kappa shape index (κ2) is 6.61. The maximum atomic E-state index is 11.7. The number of nitrogens with one attached hydrogen (secondary N) is 2. The Morgan fingerprint density at radius 1 is 1.33 bits per heavy atom. The lowest BCUT2D eigenvalue weighted by Gasteiger charge is -2.20. The van der Waals surface area contributed by atoms with E-state index in [0.29, 0.717) is 18.3 Å². The second-order valence-electron chi connectivity index (χ2n) is 5.32. The van der Waals surface area contributed by atoms with Crippen LogP contribution in [0.1, 0.15) is 40.0 Å². The number of hydrogen-bond acceptors (Lipinski definition) is 2. The van der Waals surface area contributed by atoms with Crippen molar-refractivity contribution < 1.29 is 14.7 Å². The minimum atomic E-state index is -0.861. The highest BCUT2D eigenvalue weighted by atomic mass is 16.4. The van der Waals surface area contributed by atoms with E-state index in [1.165, 1.54) is 0 Å². The van der Waals surface area contributed by atoms with Gasteiger partial charge < -0.3 is 15.7 Å². The van der Waals surface area contributed by atoms with Crippen molar-refractivity contribution in [1.29, 1.82) is 0 Å². The van der Waals surface area contributed by atoms with Gasteiger partial charge in [-0.15, -0.1) is 0 Å². The minimum Gasteiger partial charge on any atom is -0.481 e. The lowest BCUT2D eigenvalue weighted by Crippen LogP contribution is -2.45. The highest BCUT2D eigenvalue weighted by Gasteiger charge is 2.30. The summed E-state index contributed by atoms with van der Waals surface area (Å²) in [5.74, 6) is -0.244. The Balaban J connectivity index is 2.32. The van der Waals surface area contributed by atoms with Crippen LogP contribution in [0.5, 0.6) is 0 Å². The predicted molar refractivity (Wildman–Crippen MR) is 69.3 cm³/mol. The molecular formula is C13H24N2O3. The van der Waals surface area contributed by atoms with Gasteiger partial charge in [0.25, 0.3) is 0 Å². The SMILES string of the molecule is CCC(CNC(=O)NC1CCC(C)C1C)C(=O)O. The number of urea groups is 1. The van der Waals surface area contributed by atoms with Crippen LogP contribution >= 0.6 is 0 Å². The number of rotatable bonds is 5. The van der Waals surface area contributed by atoms with Crippen LogP contribution in [0, 0.1) is 17.8 Å². The molecule has 1 saturated carbocycles. The fraction of sp³-hybridized carbons (Fsp3) is 0.846. The lowest BCUT2D eigenvalue weighted by molar-refractivity contribution is -0.141. The van der Waals surface area contributed by atoms with Crippen molar-refractivity contribution in [2.75, 3.05) is 6.54 Å². The summed E-state index contributed by atoms with van der Waals surface area (Å²) in [6.45, 7) is 6.34. The van der Waals surface area contributed by atoms with Crippen LogP contribution in [0.15, 0.2) is 0 Å². The molecule has 0 radical (unpaired) electrons. The van der Waals surface area contributed by atoms with Gasteiger partial charge in [0.15, 0.2) is 0 Å². The largest absolute Gasteiger partial charge is 0.481 e. The van der Waals surface area contributed by atoms with Crippen molar-refractivity contribution in [2.24, 2.45) is 17.8 Å². The summed E-state index contributed by atoms with van der Waals surface area (Å²) in [5, 5.41) is 14.5. The van der Waals surface area contributed by atoms with Gasteiger partial charge in [-0.2, -0.15) is 0 Å². The Labute approximate surface area is 108 Å². The molecule has 1 aliphatic carbocycles. The number of aliphatic carboxylic acids is 1. The Bertz CT molecular complexity index is 307. The van der Waals surface area contributed by atoms with Crippen LogP contribution in [-0.4, -0.2) is 29.7 Å². The lowest BCUT2D eigenvalue weighted by atomic mass is 9.98. The van der Waals surface area contributed by atoms with E-state index in [1.54, 1.807) is 6.92 Å². The van der Waals surface area contributed by atoms with Crippen LogP contribution in [-0.2, 0) is 4.79 Å². The van der Waals surface area contributed by atoms with Crippen molar-refractivity contribution in [1.82, 2.24) is 10.6 Å². The maximum absolute atomic E-state index is 11.7. The first kappa shape index (κ1) is 14.8. The van der Waals surface area contributed by atoms with Crippen molar-refractivity contribution in [3.63, 3.8) is 0 Å². The predicted octanol–water partition coefficient (Wildman–Crippen LogP) is 1.83. The van der Waals surface area contributed by atoms with Gasteiger partial charge in [0, 0.05) is 12.6 Å². The van der Waals surface area contributed by atoms with E-state index in [1.807, 2.05) is 0 Å². The second-order valence-corrected chi connectivity index (χ2v) is 5.32. The van der Waals surface area contributed by atoms with Crippen LogP contribution < -0.4 is 10.6 Å². The third kappa shape index (κ3) is 3.89. The van der Waals surface area contributed by atoms with E-state index in [0.717, 1.165) is 12.8 Å². The van der Waals surface area contributed by atoms with Gasteiger partial charge in [0.05, 0.1) is 5.92 Å². The van der Waals surface area contributed by atoms with Crippen LogP contribution in [0.3, 0.4) is 0 Å². The normalized spacial score (nSPS) is 28.7. The summed E-state index contributed by atoms with van der Waals surface area (Å²) in [4.78, 5) is 22.5. The topological polar surface area (TPSA) is 78.4 Å². The zero-order valence-electron chi connectivity index (χ0n) is 11.4. The van der Waals surface area contributed by atoms with Gasteiger partial charge in [-0.3, -0.25) is 4.79 Å². The molecule has 1 rings (SSSR count). The van der Waals surface area contributed by atoms with Crippen molar-refractivity contribution in [2.45, 2.75) is 46.1 Å². The summed E-state index contributed by atoms with van der Waals surface area (Å²) < 4.78 is 0. The van der Waals surface area contributed by atoms with Crippen molar-refractivity contribution in [3.05, 3.63) is 0 Å². The van der Waals surface area contributed by atoms with E-state index in [-0.39, 0.29) is 18.6 Å². The highest BCUT2D eigenvalue weighted by molar-refractivity contribution is 5.76. The monoisotopic (exact) mass is 256 g/mol. The summed E-state index contributed by atoms with van der Waals surface area (Å²) >= 11 is 0. The van der Waals surface area contributed by atoms with Gasteiger partial charge >= 0.3 is 12.0 Å². The fourth-order valence-corrected chi connectivity index (χ4v) is 2.41.